The van der Waals surface area contributed by atoms with Crippen molar-refractivity contribution in [3.63, 3.8) is 0 Å². The van der Waals surface area contributed by atoms with Crippen LogP contribution in [0, 0.1) is 5.92 Å². The molecule has 4 heteroatoms. The standard InChI is InChI=1S/C13H16F3N/c14-13(15,16)11-7-5-10(6-8-11)12(17)9-3-1-2-4-9/h5-9,12H,1-4,17H2. The van der Waals surface area contributed by atoms with Gasteiger partial charge in [0.15, 0.2) is 0 Å². The quantitative estimate of drug-likeness (QED) is 0.837. The van der Waals surface area contributed by atoms with E-state index in [1.807, 2.05) is 0 Å². The van der Waals surface area contributed by atoms with Crippen molar-refractivity contribution < 1.29 is 13.2 Å². The van der Waals surface area contributed by atoms with E-state index < -0.39 is 11.7 Å². The molecule has 17 heavy (non-hydrogen) atoms. The molecule has 2 N–H and O–H groups in total. The summed E-state index contributed by atoms with van der Waals surface area (Å²) in [7, 11) is 0. The number of benzene rings is 1. The summed E-state index contributed by atoms with van der Waals surface area (Å²) < 4.78 is 37.2. The fourth-order valence-corrected chi connectivity index (χ4v) is 2.48. The fourth-order valence-electron chi connectivity index (χ4n) is 2.48. The maximum Gasteiger partial charge on any atom is 0.416 e. The molecule has 1 saturated carbocycles. The van der Waals surface area contributed by atoms with Crippen molar-refractivity contribution in [2.24, 2.45) is 11.7 Å². The lowest BCUT2D eigenvalue weighted by atomic mass is 9.92. The second kappa shape index (κ2) is 4.69. The molecular weight excluding hydrogens is 227 g/mol. The molecule has 1 aliphatic carbocycles. The van der Waals surface area contributed by atoms with Crippen LogP contribution in [0.1, 0.15) is 42.9 Å². The van der Waals surface area contributed by atoms with Crippen LogP contribution in [-0.4, -0.2) is 0 Å². The lowest BCUT2D eigenvalue weighted by Crippen LogP contribution is -2.19. The molecule has 0 amide bonds. The van der Waals surface area contributed by atoms with Crippen LogP contribution in [0.25, 0.3) is 0 Å². The van der Waals surface area contributed by atoms with Crippen molar-refractivity contribution in [3.05, 3.63) is 35.4 Å². The largest absolute Gasteiger partial charge is 0.416 e. The first-order valence-corrected chi connectivity index (χ1v) is 5.91. The zero-order chi connectivity index (χ0) is 12.5. The first-order valence-electron chi connectivity index (χ1n) is 5.91. The Morgan fingerprint density at radius 2 is 1.59 bits per heavy atom. The third kappa shape index (κ3) is 2.80. The summed E-state index contributed by atoms with van der Waals surface area (Å²) in [6.45, 7) is 0. The molecule has 1 aromatic carbocycles. The van der Waals surface area contributed by atoms with E-state index in [1.54, 1.807) is 0 Å². The zero-order valence-electron chi connectivity index (χ0n) is 9.50. The van der Waals surface area contributed by atoms with E-state index in [4.69, 9.17) is 5.73 Å². The number of alkyl halides is 3. The van der Waals surface area contributed by atoms with Gasteiger partial charge in [0.1, 0.15) is 0 Å². The second-order valence-corrected chi connectivity index (χ2v) is 4.69. The summed E-state index contributed by atoms with van der Waals surface area (Å²) in [5.41, 5.74) is 6.28. The number of nitrogens with two attached hydrogens (primary N) is 1. The third-order valence-electron chi connectivity index (χ3n) is 3.53. The van der Waals surface area contributed by atoms with Crippen molar-refractivity contribution in [2.45, 2.75) is 37.9 Å². The van der Waals surface area contributed by atoms with E-state index >= 15 is 0 Å². The molecule has 0 aliphatic heterocycles. The van der Waals surface area contributed by atoms with Gasteiger partial charge in [-0.1, -0.05) is 25.0 Å². The van der Waals surface area contributed by atoms with Crippen LogP contribution in [0.5, 0.6) is 0 Å². The van der Waals surface area contributed by atoms with E-state index in [0.29, 0.717) is 5.92 Å². The van der Waals surface area contributed by atoms with Gasteiger partial charge in [0.25, 0.3) is 0 Å². The lowest BCUT2D eigenvalue weighted by molar-refractivity contribution is -0.137. The monoisotopic (exact) mass is 243 g/mol. The second-order valence-electron chi connectivity index (χ2n) is 4.69. The lowest BCUT2D eigenvalue weighted by Gasteiger charge is -2.19. The van der Waals surface area contributed by atoms with E-state index in [9.17, 15) is 13.2 Å². The van der Waals surface area contributed by atoms with E-state index in [2.05, 4.69) is 0 Å². The van der Waals surface area contributed by atoms with Crippen molar-refractivity contribution in [1.82, 2.24) is 0 Å². The van der Waals surface area contributed by atoms with Crippen molar-refractivity contribution in [3.8, 4) is 0 Å². The van der Waals surface area contributed by atoms with Crippen molar-refractivity contribution in [2.75, 3.05) is 0 Å². The van der Waals surface area contributed by atoms with E-state index in [1.165, 1.54) is 25.0 Å². The molecule has 2 rings (SSSR count). The van der Waals surface area contributed by atoms with Crippen LogP contribution in [0.4, 0.5) is 13.2 Å². The van der Waals surface area contributed by atoms with Crippen LogP contribution >= 0.6 is 0 Å². The molecule has 0 radical (unpaired) electrons. The highest BCUT2D eigenvalue weighted by molar-refractivity contribution is 5.27. The Balaban J connectivity index is 2.12. The maximum atomic E-state index is 12.4. The predicted octanol–water partition coefficient (Wildman–Crippen LogP) is 3.90. The molecule has 1 unspecified atom stereocenters. The molecule has 0 saturated heterocycles. The molecular formula is C13H16F3N. The molecule has 1 atom stereocenters. The Morgan fingerprint density at radius 3 is 2.06 bits per heavy atom. The van der Waals surface area contributed by atoms with Crippen LogP contribution in [-0.2, 0) is 6.18 Å². The number of rotatable bonds is 2. The van der Waals surface area contributed by atoms with Gasteiger partial charge in [-0.15, -0.1) is 0 Å². The van der Waals surface area contributed by atoms with Crippen LogP contribution in [0.15, 0.2) is 24.3 Å². The number of halogens is 3. The molecule has 1 fully saturated rings. The van der Waals surface area contributed by atoms with Gasteiger partial charge in [-0.05, 0) is 36.5 Å². The SMILES string of the molecule is NC(c1ccc(C(F)(F)F)cc1)C1CCCC1. The molecule has 1 nitrogen and oxygen atoms in total. The summed E-state index contributed by atoms with van der Waals surface area (Å²) in [5, 5.41) is 0. The summed E-state index contributed by atoms with van der Waals surface area (Å²) in [6, 6.07) is 5.12. The maximum absolute atomic E-state index is 12.4. The van der Waals surface area contributed by atoms with Gasteiger partial charge in [0.2, 0.25) is 0 Å². The Hall–Kier alpha value is -1.03. The normalized spacial score (nSPS) is 19.5. The molecule has 0 heterocycles. The van der Waals surface area contributed by atoms with Crippen molar-refractivity contribution in [1.29, 1.82) is 0 Å². The van der Waals surface area contributed by atoms with Gasteiger partial charge in [-0.3, -0.25) is 0 Å². The zero-order valence-corrected chi connectivity index (χ0v) is 9.50. The van der Waals surface area contributed by atoms with Crippen LogP contribution in [0.2, 0.25) is 0 Å². The Kier molecular flexibility index (Phi) is 3.43. The highest BCUT2D eigenvalue weighted by Gasteiger charge is 2.30. The number of hydrogen-bond donors (Lipinski definition) is 1. The van der Waals surface area contributed by atoms with Gasteiger partial charge >= 0.3 is 6.18 Å². The van der Waals surface area contributed by atoms with Crippen molar-refractivity contribution >= 4 is 0 Å². The molecule has 0 aromatic heterocycles. The highest BCUT2D eigenvalue weighted by atomic mass is 19.4. The first kappa shape index (κ1) is 12.4. The Morgan fingerprint density at radius 1 is 1.06 bits per heavy atom. The van der Waals surface area contributed by atoms with Crippen LogP contribution < -0.4 is 5.73 Å². The van der Waals surface area contributed by atoms with E-state index in [0.717, 1.165) is 30.5 Å². The molecule has 1 aromatic rings. The fraction of sp³-hybridized carbons (Fsp3) is 0.538. The highest BCUT2D eigenvalue weighted by Crippen LogP contribution is 2.35. The Bertz CT molecular complexity index is 363. The minimum Gasteiger partial charge on any atom is -0.324 e. The molecule has 0 spiro atoms. The summed E-state index contributed by atoms with van der Waals surface area (Å²) in [6.07, 6.45) is 0.262. The van der Waals surface area contributed by atoms with Gasteiger partial charge in [0.05, 0.1) is 5.56 Å². The van der Waals surface area contributed by atoms with E-state index in [-0.39, 0.29) is 6.04 Å². The van der Waals surface area contributed by atoms with Gasteiger partial charge in [-0.25, -0.2) is 0 Å². The third-order valence-corrected chi connectivity index (χ3v) is 3.53. The first-order chi connectivity index (χ1) is 7.98. The average Bonchev–Trinajstić information content (AvgIpc) is 2.80. The minimum atomic E-state index is -4.27. The molecule has 1 aliphatic rings. The minimum absolute atomic E-state index is 0.125. The van der Waals surface area contributed by atoms with Gasteiger partial charge in [-0.2, -0.15) is 13.2 Å². The topological polar surface area (TPSA) is 26.0 Å². The Labute approximate surface area is 98.8 Å². The summed E-state index contributed by atoms with van der Waals surface area (Å²) in [5.74, 6) is 0.423. The predicted molar refractivity (Wildman–Crippen MR) is 60.3 cm³/mol. The summed E-state index contributed by atoms with van der Waals surface area (Å²) >= 11 is 0. The number of hydrogen-bond acceptors (Lipinski definition) is 1. The smallest absolute Gasteiger partial charge is 0.324 e. The molecule has 94 valence electrons. The van der Waals surface area contributed by atoms with Gasteiger partial charge in [0, 0.05) is 6.04 Å². The summed E-state index contributed by atoms with van der Waals surface area (Å²) in [4.78, 5) is 0. The average molecular weight is 243 g/mol. The molecule has 0 bridgehead atoms. The van der Waals surface area contributed by atoms with Gasteiger partial charge < -0.3 is 5.73 Å². The van der Waals surface area contributed by atoms with Crippen LogP contribution in [0.3, 0.4) is 0 Å².